The molecule has 1 aromatic rings. The van der Waals surface area contributed by atoms with E-state index >= 15 is 0 Å². The molecule has 11 heavy (non-hydrogen) atoms. The molecule has 0 bridgehead atoms. The van der Waals surface area contributed by atoms with Crippen molar-refractivity contribution in [2.24, 2.45) is 0 Å². The van der Waals surface area contributed by atoms with E-state index in [-0.39, 0.29) is 12.4 Å². The normalized spacial score (nSPS) is 7.82. The summed E-state index contributed by atoms with van der Waals surface area (Å²) in [5.74, 6) is -0.190. The van der Waals surface area contributed by atoms with Gasteiger partial charge in [0.1, 0.15) is 6.61 Å². The minimum Gasteiger partial charge on any atom is -0.389 e. The Kier molecular flexibility index (Phi) is 6.13. The van der Waals surface area contributed by atoms with Crippen LogP contribution < -0.4 is 0 Å². The molecule has 0 unspecified atom stereocenters. The third kappa shape index (κ3) is 8.78. The molecule has 1 N–H and O–H groups in total. The topological polar surface area (TPSA) is 50.2 Å². The summed E-state index contributed by atoms with van der Waals surface area (Å²) < 4.78 is 0. The van der Waals surface area contributed by atoms with Crippen LogP contribution in [0.25, 0.3) is 0 Å². The molecule has 0 fully saturated rings. The predicted octanol–water partition coefficient (Wildman–Crippen LogP) is 0.649. The molecule has 0 saturated carbocycles. The first-order valence-electron chi connectivity index (χ1n) is 3.22. The van der Waals surface area contributed by atoms with Gasteiger partial charge in [-0.1, -0.05) is 6.07 Å². The average Bonchev–Trinajstić information content (AvgIpc) is 2.09. The van der Waals surface area contributed by atoms with Gasteiger partial charge in [-0.25, -0.2) is 0 Å². The van der Waals surface area contributed by atoms with Crippen molar-refractivity contribution >= 4 is 5.78 Å². The van der Waals surface area contributed by atoms with Crippen molar-refractivity contribution in [3.8, 4) is 0 Å². The molecule has 0 aliphatic rings. The molecule has 1 rings (SSSR count). The van der Waals surface area contributed by atoms with Gasteiger partial charge in [-0.3, -0.25) is 9.78 Å². The van der Waals surface area contributed by atoms with E-state index in [1.54, 1.807) is 12.4 Å². The lowest BCUT2D eigenvalue weighted by Crippen LogP contribution is -1.93. The van der Waals surface area contributed by atoms with Crippen LogP contribution >= 0.6 is 0 Å². The van der Waals surface area contributed by atoms with Crippen LogP contribution in [0.3, 0.4) is 0 Å². The Morgan fingerprint density at radius 2 is 1.82 bits per heavy atom. The summed E-state index contributed by atoms with van der Waals surface area (Å²) in [6.45, 7) is 1.000. The number of carbonyl (C=O) groups excluding carboxylic acids is 1. The molecule has 0 radical (unpaired) electrons. The van der Waals surface area contributed by atoms with Crippen LogP contribution in [0.15, 0.2) is 30.6 Å². The molecule has 0 aromatic carbocycles. The summed E-state index contributed by atoms with van der Waals surface area (Å²) in [5, 5.41) is 7.79. The fourth-order valence-corrected chi connectivity index (χ4v) is 0.313. The number of hydrogen-bond donors (Lipinski definition) is 1. The molecular formula is C8H11NO2. The molecule has 0 spiro atoms. The van der Waals surface area contributed by atoms with Crippen LogP contribution in [0.1, 0.15) is 6.92 Å². The standard InChI is InChI=1S/C5H5N.C3H6O2/c1-2-4-6-5-3-1;1-3(5)2-4/h1-5H;4H,2H2,1H3. The Morgan fingerprint density at radius 3 is 1.91 bits per heavy atom. The molecule has 3 nitrogen and oxygen atoms in total. The van der Waals surface area contributed by atoms with Crippen molar-refractivity contribution in [1.82, 2.24) is 4.98 Å². The lowest BCUT2D eigenvalue weighted by atomic mass is 10.5. The van der Waals surface area contributed by atoms with E-state index < -0.39 is 0 Å². The summed E-state index contributed by atoms with van der Waals surface area (Å²) in [6.07, 6.45) is 3.50. The summed E-state index contributed by atoms with van der Waals surface area (Å²) in [4.78, 5) is 13.3. The monoisotopic (exact) mass is 153 g/mol. The van der Waals surface area contributed by atoms with Crippen molar-refractivity contribution in [3.63, 3.8) is 0 Å². The summed E-state index contributed by atoms with van der Waals surface area (Å²) in [7, 11) is 0. The van der Waals surface area contributed by atoms with Gasteiger partial charge in [0.25, 0.3) is 0 Å². The second-order valence-electron chi connectivity index (χ2n) is 1.88. The number of hydrogen-bond acceptors (Lipinski definition) is 3. The Labute approximate surface area is 65.7 Å². The van der Waals surface area contributed by atoms with E-state index in [1.165, 1.54) is 6.92 Å². The first kappa shape index (κ1) is 9.78. The number of ketones is 1. The molecule has 3 heteroatoms. The Bertz CT molecular complexity index is 160. The number of carbonyl (C=O) groups is 1. The van der Waals surface area contributed by atoms with Gasteiger partial charge in [0.15, 0.2) is 5.78 Å². The smallest absolute Gasteiger partial charge is 0.155 e. The number of aliphatic hydroxyl groups excluding tert-OH is 1. The summed E-state index contributed by atoms with van der Waals surface area (Å²) in [6, 6.07) is 5.72. The molecular weight excluding hydrogens is 142 g/mol. The number of aromatic nitrogens is 1. The molecule has 0 amide bonds. The second kappa shape index (κ2) is 6.89. The van der Waals surface area contributed by atoms with E-state index in [4.69, 9.17) is 5.11 Å². The number of rotatable bonds is 1. The van der Waals surface area contributed by atoms with Crippen molar-refractivity contribution in [3.05, 3.63) is 30.6 Å². The van der Waals surface area contributed by atoms with E-state index in [2.05, 4.69) is 4.98 Å². The van der Waals surface area contributed by atoms with Gasteiger partial charge < -0.3 is 5.11 Å². The molecule has 60 valence electrons. The summed E-state index contributed by atoms with van der Waals surface area (Å²) in [5.41, 5.74) is 0. The van der Waals surface area contributed by atoms with Crippen LogP contribution in [0.5, 0.6) is 0 Å². The lowest BCUT2D eigenvalue weighted by Gasteiger charge is -1.72. The van der Waals surface area contributed by atoms with E-state index in [0.29, 0.717) is 0 Å². The van der Waals surface area contributed by atoms with Crippen molar-refractivity contribution < 1.29 is 9.90 Å². The van der Waals surface area contributed by atoms with E-state index in [0.717, 1.165) is 0 Å². The van der Waals surface area contributed by atoms with Gasteiger partial charge in [-0.15, -0.1) is 0 Å². The van der Waals surface area contributed by atoms with Crippen LogP contribution in [0, 0.1) is 0 Å². The van der Waals surface area contributed by atoms with Gasteiger partial charge in [0, 0.05) is 12.4 Å². The van der Waals surface area contributed by atoms with Gasteiger partial charge in [-0.05, 0) is 19.1 Å². The zero-order chi connectivity index (χ0) is 8.53. The van der Waals surface area contributed by atoms with Crippen LogP contribution in [0.2, 0.25) is 0 Å². The SMILES string of the molecule is CC(=O)CO.c1ccncc1. The van der Waals surface area contributed by atoms with Gasteiger partial charge in [0.2, 0.25) is 0 Å². The molecule has 0 saturated heterocycles. The maximum atomic E-state index is 9.56. The Hall–Kier alpha value is -1.22. The zero-order valence-corrected chi connectivity index (χ0v) is 6.40. The highest BCUT2D eigenvalue weighted by molar-refractivity contribution is 5.76. The van der Waals surface area contributed by atoms with Crippen molar-refractivity contribution in [2.75, 3.05) is 6.61 Å². The molecule has 1 heterocycles. The highest BCUT2D eigenvalue weighted by Gasteiger charge is 1.78. The fraction of sp³-hybridized carbons (Fsp3) is 0.250. The maximum absolute atomic E-state index is 9.56. The lowest BCUT2D eigenvalue weighted by molar-refractivity contribution is -0.119. The average molecular weight is 153 g/mol. The largest absolute Gasteiger partial charge is 0.389 e. The summed E-state index contributed by atoms with van der Waals surface area (Å²) >= 11 is 0. The van der Waals surface area contributed by atoms with Gasteiger partial charge in [-0.2, -0.15) is 0 Å². The zero-order valence-electron chi connectivity index (χ0n) is 6.40. The van der Waals surface area contributed by atoms with Crippen LogP contribution in [-0.4, -0.2) is 22.5 Å². The fourth-order valence-electron chi connectivity index (χ4n) is 0.313. The minimum absolute atomic E-state index is 0.190. The minimum atomic E-state index is -0.333. The second-order valence-corrected chi connectivity index (χ2v) is 1.88. The quantitative estimate of drug-likeness (QED) is 0.644. The van der Waals surface area contributed by atoms with Crippen LogP contribution in [-0.2, 0) is 4.79 Å². The van der Waals surface area contributed by atoms with Crippen LogP contribution in [0.4, 0.5) is 0 Å². The van der Waals surface area contributed by atoms with E-state index in [9.17, 15) is 4.79 Å². The van der Waals surface area contributed by atoms with Crippen molar-refractivity contribution in [1.29, 1.82) is 0 Å². The Morgan fingerprint density at radius 1 is 1.36 bits per heavy atom. The first-order valence-corrected chi connectivity index (χ1v) is 3.22. The number of Topliss-reactive ketones (excluding diaryl/α,β-unsaturated/α-hetero) is 1. The highest BCUT2D eigenvalue weighted by Crippen LogP contribution is 1.73. The Balaban J connectivity index is 0.000000187. The highest BCUT2D eigenvalue weighted by atomic mass is 16.3. The molecule has 0 aliphatic heterocycles. The molecule has 0 aliphatic carbocycles. The molecule has 1 aromatic heterocycles. The molecule has 0 atom stereocenters. The van der Waals surface area contributed by atoms with Crippen molar-refractivity contribution in [2.45, 2.75) is 6.92 Å². The number of pyridine rings is 1. The number of nitrogens with zero attached hydrogens (tertiary/aromatic N) is 1. The number of aliphatic hydroxyl groups is 1. The third-order valence-electron chi connectivity index (χ3n) is 0.789. The first-order chi connectivity index (χ1) is 5.27. The predicted molar refractivity (Wildman–Crippen MR) is 42.0 cm³/mol. The van der Waals surface area contributed by atoms with Gasteiger partial charge >= 0.3 is 0 Å². The van der Waals surface area contributed by atoms with Gasteiger partial charge in [0.05, 0.1) is 0 Å². The van der Waals surface area contributed by atoms with E-state index in [1.807, 2.05) is 18.2 Å². The third-order valence-corrected chi connectivity index (χ3v) is 0.789. The maximum Gasteiger partial charge on any atom is 0.155 e.